The zero-order chi connectivity index (χ0) is 6.81. The van der Waals surface area contributed by atoms with Crippen molar-refractivity contribution >= 4 is 23.7 Å². The second-order valence-electron chi connectivity index (χ2n) is 2.11. The Hall–Kier alpha value is -0.890. The van der Waals surface area contributed by atoms with Crippen LogP contribution in [0.4, 0.5) is 5.69 Å². The number of nitrogens with one attached hydrogen (secondary N) is 1. The molecule has 0 saturated carbocycles. The van der Waals surface area contributed by atoms with E-state index in [1.807, 2.05) is 17.5 Å². The summed E-state index contributed by atoms with van der Waals surface area (Å²) < 4.78 is 3.19. The molecule has 10 heavy (non-hydrogen) atoms. The van der Waals surface area contributed by atoms with E-state index in [2.05, 4.69) is 22.9 Å². The van der Waals surface area contributed by atoms with Crippen molar-refractivity contribution in [3.8, 4) is 0 Å². The monoisotopic (exact) mass is 149 g/mol. The van der Waals surface area contributed by atoms with Crippen molar-refractivity contribution in [3.63, 3.8) is 0 Å². The molecular formula is C8H7NS. The van der Waals surface area contributed by atoms with Gasteiger partial charge in [0.05, 0.1) is 5.69 Å². The van der Waals surface area contributed by atoms with Gasteiger partial charge in [-0.2, -0.15) is 0 Å². The van der Waals surface area contributed by atoms with Gasteiger partial charge in [0, 0.05) is 0 Å². The predicted molar refractivity (Wildman–Crippen MR) is 46.7 cm³/mol. The molecule has 0 radical (unpaired) electrons. The molecule has 0 spiro atoms. The molecule has 0 saturated heterocycles. The highest BCUT2D eigenvalue weighted by Crippen LogP contribution is 2.25. The summed E-state index contributed by atoms with van der Waals surface area (Å²) >= 11 is 1.61. The third-order valence-corrected chi connectivity index (χ3v) is 2.06. The third-order valence-electron chi connectivity index (χ3n) is 1.45. The van der Waals surface area contributed by atoms with Crippen LogP contribution in [0.1, 0.15) is 5.56 Å². The Morgan fingerprint density at radius 1 is 1.20 bits per heavy atom. The van der Waals surface area contributed by atoms with Gasteiger partial charge in [0.15, 0.2) is 0 Å². The van der Waals surface area contributed by atoms with Crippen molar-refractivity contribution in [2.24, 2.45) is 0 Å². The number of benzene rings is 1. The zero-order valence-electron chi connectivity index (χ0n) is 5.37. The van der Waals surface area contributed by atoms with E-state index in [-0.39, 0.29) is 0 Å². The minimum Gasteiger partial charge on any atom is -0.326 e. The van der Waals surface area contributed by atoms with Crippen molar-refractivity contribution < 1.29 is 0 Å². The van der Waals surface area contributed by atoms with Crippen molar-refractivity contribution in [2.45, 2.75) is 0 Å². The average molecular weight is 149 g/mol. The summed E-state index contributed by atoms with van der Waals surface area (Å²) in [4.78, 5) is 0. The van der Waals surface area contributed by atoms with Crippen LogP contribution in [-0.4, -0.2) is 0 Å². The first-order valence-electron chi connectivity index (χ1n) is 3.14. The van der Waals surface area contributed by atoms with E-state index in [1.54, 1.807) is 11.9 Å². The fourth-order valence-electron chi connectivity index (χ4n) is 0.940. The van der Waals surface area contributed by atoms with Crippen LogP contribution in [0.3, 0.4) is 0 Å². The molecule has 1 aliphatic rings. The van der Waals surface area contributed by atoms with Crippen molar-refractivity contribution in [1.82, 2.24) is 0 Å². The van der Waals surface area contributed by atoms with E-state index in [0.717, 1.165) is 0 Å². The van der Waals surface area contributed by atoms with E-state index < -0.39 is 0 Å². The Kier molecular flexibility index (Phi) is 1.40. The van der Waals surface area contributed by atoms with Gasteiger partial charge in [0.2, 0.25) is 0 Å². The first-order chi connectivity index (χ1) is 4.97. The molecule has 2 rings (SSSR count). The lowest BCUT2D eigenvalue weighted by Crippen LogP contribution is -1.90. The van der Waals surface area contributed by atoms with E-state index in [0.29, 0.717) is 0 Å². The Labute approximate surface area is 64.3 Å². The minimum atomic E-state index is 1.20. The van der Waals surface area contributed by atoms with Crippen LogP contribution >= 0.6 is 11.9 Å². The molecule has 0 aliphatic carbocycles. The molecule has 0 bridgehead atoms. The molecule has 0 atom stereocenters. The lowest BCUT2D eigenvalue weighted by atomic mass is 10.2. The molecule has 0 amide bonds. The normalized spacial score (nSPS) is 14.0. The summed E-state index contributed by atoms with van der Waals surface area (Å²) in [6, 6.07) is 8.25. The van der Waals surface area contributed by atoms with Gasteiger partial charge in [0.25, 0.3) is 0 Å². The molecule has 0 aromatic heterocycles. The molecular weight excluding hydrogens is 142 g/mol. The highest BCUT2D eigenvalue weighted by molar-refractivity contribution is 8.03. The third kappa shape index (κ3) is 0.907. The number of fused-ring (bicyclic) bond motifs is 1. The standard InChI is InChI=1S/C8H7NS/c1-2-4-8-7(3-1)5-6-10-9-8/h1-6,9H. The van der Waals surface area contributed by atoms with Gasteiger partial charge in [-0.15, -0.1) is 0 Å². The quantitative estimate of drug-likeness (QED) is 0.569. The predicted octanol–water partition coefficient (Wildman–Crippen LogP) is 2.73. The number of hydrogen-bond donors (Lipinski definition) is 1. The van der Waals surface area contributed by atoms with Gasteiger partial charge in [-0.05, 0) is 35.1 Å². The van der Waals surface area contributed by atoms with Crippen molar-refractivity contribution in [1.29, 1.82) is 0 Å². The largest absolute Gasteiger partial charge is 0.326 e. The SMILES string of the molecule is C1=Cc2ccccc2NS1. The minimum absolute atomic E-state index is 1.20. The molecule has 1 aliphatic heterocycles. The fraction of sp³-hybridized carbons (Fsp3) is 0. The Balaban J connectivity index is 2.54. The lowest BCUT2D eigenvalue weighted by Gasteiger charge is -2.09. The number of hydrogen-bond acceptors (Lipinski definition) is 2. The molecule has 1 aromatic rings. The summed E-state index contributed by atoms with van der Waals surface area (Å²) in [5.74, 6) is 0. The van der Waals surface area contributed by atoms with Crippen LogP contribution in [0.25, 0.3) is 6.08 Å². The highest BCUT2D eigenvalue weighted by atomic mass is 32.2. The van der Waals surface area contributed by atoms with Gasteiger partial charge < -0.3 is 4.72 Å². The summed E-state index contributed by atoms with van der Waals surface area (Å²) in [5.41, 5.74) is 2.47. The molecule has 0 fully saturated rings. The highest BCUT2D eigenvalue weighted by Gasteiger charge is 1.99. The smallest absolute Gasteiger partial charge is 0.0516 e. The van der Waals surface area contributed by atoms with Gasteiger partial charge in [0.1, 0.15) is 0 Å². The van der Waals surface area contributed by atoms with Crippen molar-refractivity contribution in [2.75, 3.05) is 4.72 Å². The van der Waals surface area contributed by atoms with Crippen LogP contribution in [0.15, 0.2) is 29.7 Å². The van der Waals surface area contributed by atoms with E-state index >= 15 is 0 Å². The first kappa shape index (κ1) is 5.86. The molecule has 1 aromatic carbocycles. The first-order valence-corrected chi connectivity index (χ1v) is 4.02. The molecule has 1 nitrogen and oxygen atoms in total. The zero-order valence-corrected chi connectivity index (χ0v) is 6.19. The molecule has 2 heteroatoms. The van der Waals surface area contributed by atoms with Crippen LogP contribution in [0.5, 0.6) is 0 Å². The lowest BCUT2D eigenvalue weighted by molar-refractivity contribution is 1.63. The number of para-hydroxylation sites is 1. The molecule has 0 unspecified atom stereocenters. The van der Waals surface area contributed by atoms with Crippen LogP contribution < -0.4 is 4.72 Å². The number of rotatable bonds is 0. The van der Waals surface area contributed by atoms with Crippen LogP contribution in [0.2, 0.25) is 0 Å². The second kappa shape index (κ2) is 2.39. The fourth-order valence-corrected chi connectivity index (χ4v) is 1.54. The van der Waals surface area contributed by atoms with Gasteiger partial charge >= 0.3 is 0 Å². The Morgan fingerprint density at radius 3 is 3.00 bits per heavy atom. The maximum absolute atomic E-state index is 3.19. The summed E-state index contributed by atoms with van der Waals surface area (Å²) in [6.45, 7) is 0. The second-order valence-corrected chi connectivity index (χ2v) is 2.82. The van der Waals surface area contributed by atoms with Crippen molar-refractivity contribution in [3.05, 3.63) is 35.2 Å². The molecule has 50 valence electrons. The maximum Gasteiger partial charge on any atom is 0.0516 e. The Bertz CT molecular complexity index is 268. The van der Waals surface area contributed by atoms with Gasteiger partial charge in [-0.25, -0.2) is 0 Å². The summed E-state index contributed by atoms with van der Waals surface area (Å²) in [5, 5.41) is 2.04. The van der Waals surface area contributed by atoms with Crippen LogP contribution in [0, 0.1) is 0 Å². The summed E-state index contributed by atoms with van der Waals surface area (Å²) in [7, 11) is 0. The van der Waals surface area contributed by atoms with E-state index in [4.69, 9.17) is 0 Å². The van der Waals surface area contributed by atoms with Gasteiger partial charge in [-0.1, -0.05) is 18.2 Å². The Morgan fingerprint density at radius 2 is 2.10 bits per heavy atom. The maximum atomic E-state index is 3.19. The van der Waals surface area contributed by atoms with Crippen LogP contribution in [-0.2, 0) is 0 Å². The topological polar surface area (TPSA) is 12.0 Å². The number of anilines is 1. The van der Waals surface area contributed by atoms with Gasteiger partial charge in [-0.3, -0.25) is 0 Å². The van der Waals surface area contributed by atoms with E-state index in [1.165, 1.54) is 11.3 Å². The molecule has 1 N–H and O–H groups in total. The summed E-state index contributed by atoms with van der Waals surface area (Å²) in [6.07, 6.45) is 2.11. The average Bonchev–Trinajstić information content (AvgIpc) is 2.05. The molecule has 1 heterocycles. The van der Waals surface area contributed by atoms with E-state index in [9.17, 15) is 0 Å².